The van der Waals surface area contributed by atoms with Crippen LogP contribution < -0.4 is 0 Å². The average Bonchev–Trinajstić information content (AvgIpc) is 2.97. The van der Waals surface area contributed by atoms with Gasteiger partial charge in [0.15, 0.2) is 0 Å². The van der Waals surface area contributed by atoms with E-state index in [0.29, 0.717) is 0 Å². The van der Waals surface area contributed by atoms with Crippen LogP contribution in [-0.2, 0) is 0 Å². The van der Waals surface area contributed by atoms with E-state index < -0.39 is 0 Å². The Hall–Kier alpha value is -2.53. The molecule has 3 heterocycles. The SMILES string of the molecule is Fc1ccc(-c2nn3c(Br)cccc3c2-c2ccncc2)cc1. The Bertz CT molecular complexity index is 979. The Morgan fingerprint density at radius 3 is 2.35 bits per heavy atom. The fourth-order valence-electron chi connectivity index (χ4n) is 2.65. The van der Waals surface area contributed by atoms with Crippen molar-refractivity contribution in [3.63, 3.8) is 0 Å². The lowest BCUT2D eigenvalue weighted by atomic mass is 10.0. The first-order valence-corrected chi connectivity index (χ1v) is 7.87. The minimum Gasteiger partial charge on any atom is -0.265 e. The van der Waals surface area contributed by atoms with Crippen molar-refractivity contribution in [3.05, 3.63) is 77.4 Å². The standard InChI is InChI=1S/C18H11BrFN3/c19-16-3-1-2-15-17(12-8-10-21-11-9-12)18(22-23(15)16)13-4-6-14(20)7-5-13/h1-11H. The van der Waals surface area contributed by atoms with Crippen LogP contribution in [0, 0.1) is 5.82 Å². The van der Waals surface area contributed by atoms with Crippen LogP contribution in [0.4, 0.5) is 4.39 Å². The topological polar surface area (TPSA) is 30.2 Å². The molecule has 0 unspecified atom stereocenters. The number of aromatic nitrogens is 3. The number of hydrogen-bond donors (Lipinski definition) is 0. The van der Waals surface area contributed by atoms with Gasteiger partial charge in [0.1, 0.15) is 16.1 Å². The van der Waals surface area contributed by atoms with Gasteiger partial charge in [0.25, 0.3) is 0 Å². The summed E-state index contributed by atoms with van der Waals surface area (Å²) in [6, 6.07) is 16.2. The third-order valence-electron chi connectivity index (χ3n) is 3.70. The van der Waals surface area contributed by atoms with Crippen LogP contribution in [0.15, 0.2) is 71.6 Å². The van der Waals surface area contributed by atoms with Gasteiger partial charge in [0, 0.05) is 23.5 Å². The van der Waals surface area contributed by atoms with E-state index in [9.17, 15) is 4.39 Å². The molecule has 0 fully saturated rings. The number of rotatable bonds is 2. The molecule has 1 aromatic carbocycles. The van der Waals surface area contributed by atoms with Gasteiger partial charge in [-0.25, -0.2) is 8.91 Å². The number of pyridine rings is 2. The van der Waals surface area contributed by atoms with Crippen LogP contribution >= 0.6 is 15.9 Å². The quantitative estimate of drug-likeness (QED) is 0.468. The molecule has 23 heavy (non-hydrogen) atoms. The van der Waals surface area contributed by atoms with Crippen molar-refractivity contribution in [1.29, 1.82) is 0 Å². The van der Waals surface area contributed by atoms with Crippen LogP contribution in [0.3, 0.4) is 0 Å². The third kappa shape index (κ3) is 2.43. The monoisotopic (exact) mass is 367 g/mol. The van der Waals surface area contributed by atoms with Gasteiger partial charge in [0.2, 0.25) is 0 Å². The lowest BCUT2D eigenvalue weighted by Gasteiger charge is -2.03. The van der Waals surface area contributed by atoms with E-state index >= 15 is 0 Å². The first-order valence-electron chi connectivity index (χ1n) is 7.07. The molecule has 5 heteroatoms. The van der Waals surface area contributed by atoms with Gasteiger partial charge in [-0.2, -0.15) is 5.10 Å². The van der Waals surface area contributed by atoms with E-state index in [4.69, 9.17) is 5.10 Å². The smallest absolute Gasteiger partial charge is 0.123 e. The molecule has 3 nitrogen and oxygen atoms in total. The molecule has 3 aromatic heterocycles. The van der Waals surface area contributed by atoms with E-state index in [-0.39, 0.29) is 5.82 Å². The van der Waals surface area contributed by atoms with Gasteiger partial charge in [-0.15, -0.1) is 0 Å². The summed E-state index contributed by atoms with van der Waals surface area (Å²) >= 11 is 3.53. The zero-order chi connectivity index (χ0) is 15.8. The van der Waals surface area contributed by atoms with Gasteiger partial charge in [-0.1, -0.05) is 6.07 Å². The van der Waals surface area contributed by atoms with Crippen molar-refractivity contribution in [2.75, 3.05) is 0 Å². The summed E-state index contributed by atoms with van der Waals surface area (Å²) < 4.78 is 16.0. The van der Waals surface area contributed by atoms with Crippen LogP contribution in [0.5, 0.6) is 0 Å². The molecule has 4 rings (SSSR count). The summed E-state index contributed by atoms with van der Waals surface area (Å²) in [7, 11) is 0. The molecule has 0 radical (unpaired) electrons. The lowest BCUT2D eigenvalue weighted by Crippen LogP contribution is -1.88. The summed E-state index contributed by atoms with van der Waals surface area (Å²) in [6.45, 7) is 0. The Balaban J connectivity index is 2.07. The maximum atomic E-state index is 13.3. The molecular formula is C18H11BrFN3. The van der Waals surface area contributed by atoms with Crippen LogP contribution in [0.1, 0.15) is 0 Å². The fraction of sp³-hybridized carbons (Fsp3) is 0. The highest BCUT2D eigenvalue weighted by molar-refractivity contribution is 9.10. The number of hydrogen-bond acceptors (Lipinski definition) is 2. The summed E-state index contributed by atoms with van der Waals surface area (Å²) in [6.07, 6.45) is 3.51. The third-order valence-corrected chi connectivity index (χ3v) is 4.30. The summed E-state index contributed by atoms with van der Waals surface area (Å²) in [4.78, 5) is 4.08. The van der Waals surface area contributed by atoms with Crippen LogP contribution in [-0.4, -0.2) is 14.6 Å². The van der Waals surface area contributed by atoms with E-state index in [2.05, 4.69) is 20.9 Å². The van der Waals surface area contributed by atoms with Gasteiger partial charge >= 0.3 is 0 Å². The molecule has 0 N–H and O–H groups in total. The van der Waals surface area contributed by atoms with Crippen molar-refractivity contribution >= 4 is 21.4 Å². The van der Waals surface area contributed by atoms with E-state index in [1.165, 1.54) is 12.1 Å². The highest BCUT2D eigenvalue weighted by Gasteiger charge is 2.17. The van der Waals surface area contributed by atoms with E-state index in [1.807, 2.05) is 34.8 Å². The van der Waals surface area contributed by atoms with Crippen molar-refractivity contribution in [1.82, 2.24) is 14.6 Å². The normalized spacial score (nSPS) is 11.0. The maximum absolute atomic E-state index is 13.3. The summed E-state index contributed by atoms with van der Waals surface area (Å²) in [5.41, 5.74) is 4.68. The zero-order valence-corrected chi connectivity index (χ0v) is 13.5. The molecule has 0 saturated heterocycles. The van der Waals surface area contributed by atoms with Crippen molar-refractivity contribution in [2.24, 2.45) is 0 Å². The molecule has 0 spiro atoms. The molecule has 112 valence electrons. The van der Waals surface area contributed by atoms with Crippen molar-refractivity contribution < 1.29 is 4.39 Å². The highest BCUT2D eigenvalue weighted by Crippen LogP contribution is 2.35. The molecule has 0 amide bonds. The maximum Gasteiger partial charge on any atom is 0.123 e. The molecule has 0 atom stereocenters. The predicted molar refractivity (Wildman–Crippen MR) is 91.5 cm³/mol. The van der Waals surface area contributed by atoms with Crippen LogP contribution in [0.2, 0.25) is 0 Å². The minimum atomic E-state index is -0.260. The predicted octanol–water partition coefficient (Wildman–Crippen LogP) is 4.96. The summed E-state index contributed by atoms with van der Waals surface area (Å²) in [5, 5.41) is 4.72. The Kier molecular flexibility index (Phi) is 3.42. The molecular weight excluding hydrogens is 357 g/mol. The molecule has 0 aliphatic carbocycles. The van der Waals surface area contributed by atoms with Crippen LogP contribution in [0.25, 0.3) is 27.9 Å². The van der Waals surface area contributed by atoms with Gasteiger partial charge in [-0.05, 0) is 70.0 Å². The molecule has 0 aliphatic rings. The van der Waals surface area contributed by atoms with E-state index in [1.54, 1.807) is 24.5 Å². The zero-order valence-electron chi connectivity index (χ0n) is 11.9. The molecule has 0 bridgehead atoms. The highest BCUT2D eigenvalue weighted by atomic mass is 79.9. The fourth-order valence-corrected chi connectivity index (χ4v) is 3.07. The molecule has 0 aliphatic heterocycles. The molecule has 0 saturated carbocycles. The average molecular weight is 368 g/mol. The van der Waals surface area contributed by atoms with Gasteiger partial charge < -0.3 is 0 Å². The van der Waals surface area contributed by atoms with Gasteiger partial charge in [-0.3, -0.25) is 4.98 Å². The Morgan fingerprint density at radius 2 is 1.61 bits per heavy atom. The lowest BCUT2D eigenvalue weighted by molar-refractivity contribution is 0.628. The summed E-state index contributed by atoms with van der Waals surface area (Å²) in [5.74, 6) is -0.260. The van der Waals surface area contributed by atoms with Crippen molar-refractivity contribution in [3.8, 4) is 22.4 Å². The second kappa shape index (κ2) is 5.59. The Morgan fingerprint density at radius 1 is 0.870 bits per heavy atom. The number of fused-ring (bicyclic) bond motifs is 1. The molecule has 4 aromatic rings. The number of halogens is 2. The first-order chi connectivity index (χ1) is 11.2. The number of benzene rings is 1. The first kappa shape index (κ1) is 14.1. The second-order valence-corrected chi connectivity index (χ2v) is 5.92. The second-order valence-electron chi connectivity index (χ2n) is 5.11. The van der Waals surface area contributed by atoms with Gasteiger partial charge in [0.05, 0.1) is 5.52 Å². The Labute approximate surface area is 140 Å². The largest absolute Gasteiger partial charge is 0.265 e. The van der Waals surface area contributed by atoms with Crippen molar-refractivity contribution in [2.45, 2.75) is 0 Å². The van der Waals surface area contributed by atoms with E-state index in [0.717, 1.165) is 32.5 Å². The number of nitrogens with zero attached hydrogens (tertiary/aromatic N) is 3. The minimum absolute atomic E-state index is 0.260.